The molecule has 2 aliphatic heterocycles. The Kier molecular flexibility index (Phi) is 5.74. The van der Waals surface area contributed by atoms with Crippen LogP contribution in [0.3, 0.4) is 0 Å². The summed E-state index contributed by atoms with van der Waals surface area (Å²) in [6.45, 7) is 6.37. The van der Waals surface area contributed by atoms with Gasteiger partial charge in [-0.2, -0.15) is 0 Å². The van der Waals surface area contributed by atoms with Crippen molar-refractivity contribution in [2.24, 2.45) is 5.41 Å². The molecule has 0 aromatic heterocycles. The van der Waals surface area contributed by atoms with E-state index in [0.717, 1.165) is 45.4 Å². The third-order valence-electron chi connectivity index (χ3n) is 5.37. The van der Waals surface area contributed by atoms with E-state index in [1.54, 1.807) is 19.2 Å². The summed E-state index contributed by atoms with van der Waals surface area (Å²) in [7, 11) is 1.57. The van der Waals surface area contributed by atoms with Crippen LogP contribution < -0.4 is 14.8 Å². The number of carbonyl (C=O) groups excluding carboxylic acids is 1. The Hall–Kier alpha value is -1.46. The highest BCUT2D eigenvalue weighted by molar-refractivity contribution is 6.32. The van der Waals surface area contributed by atoms with E-state index in [2.05, 4.69) is 5.32 Å². The molecule has 3 rings (SSSR count). The summed E-state index contributed by atoms with van der Waals surface area (Å²) >= 11 is 6.35. The van der Waals surface area contributed by atoms with Gasteiger partial charge in [0.1, 0.15) is 0 Å². The second-order valence-electron chi connectivity index (χ2n) is 7.06. The Morgan fingerprint density at radius 3 is 2.68 bits per heavy atom. The molecule has 0 radical (unpaired) electrons. The molecule has 2 saturated heterocycles. The zero-order valence-electron chi connectivity index (χ0n) is 15.1. The lowest BCUT2D eigenvalue weighted by Gasteiger charge is -2.39. The molecule has 0 saturated carbocycles. The molecule has 5 nitrogen and oxygen atoms in total. The standard InChI is InChI=1S/C19H27ClN2O3/c1-3-10-25-17-15(20)11-14(12-16(17)24-2)18(23)22-8-5-19(6-9-22)4-7-21-13-19/h11-12,21H,3-10,13H2,1-2H3. The smallest absolute Gasteiger partial charge is 0.254 e. The Morgan fingerprint density at radius 2 is 2.08 bits per heavy atom. The minimum atomic E-state index is 0.0167. The maximum absolute atomic E-state index is 12.9. The molecular formula is C19H27ClN2O3. The normalized spacial score (nSPS) is 19.2. The molecule has 138 valence electrons. The summed E-state index contributed by atoms with van der Waals surface area (Å²) in [4.78, 5) is 14.8. The Bertz CT molecular complexity index is 619. The molecule has 1 amide bonds. The second kappa shape index (κ2) is 7.83. The first-order chi connectivity index (χ1) is 12.1. The zero-order valence-corrected chi connectivity index (χ0v) is 15.8. The van der Waals surface area contributed by atoms with Crippen molar-refractivity contribution in [3.05, 3.63) is 22.7 Å². The van der Waals surface area contributed by atoms with E-state index in [0.29, 0.717) is 34.1 Å². The summed E-state index contributed by atoms with van der Waals surface area (Å²) in [5.41, 5.74) is 0.954. The maximum atomic E-state index is 12.9. The Labute approximate surface area is 154 Å². The third-order valence-corrected chi connectivity index (χ3v) is 5.65. The van der Waals surface area contributed by atoms with Crippen LogP contribution in [0.1, 0.15) is 43.0 Å². The van der Waals surface area contributed by atoms with Gasteiger partial charge >= 0.3 is 0 Å². The molecule has 0 unspecified atom stereocenters. The van der Waals surface area contributed by atoms with Crippen LogP contribution in [0.4, 0.5) is 0 Å². The van der Waals surface area contributed by atoms with Crippen molar-refractivity contribution in [2.45, 2.75) is 32.6 Å². The summed E-state index contributed by atoms with van der Waals surface area (Å²) in [5.74, 6) is 1.04. The molecule has 25 heavy (non-hydrogen) atoms. The molecule has 0 aliphatic carbocycles. The molecule has 1 aromatic carbocycles. The molecule has 6 heteroatoms. The quantitative estimate of drug-likeness (QED) is 0.868. The monoisotopic (exact) mass is 366 g/mol. The Balaban J connectivity index is 1.72. The van der Waals surface area contributed by atoms with Crippen LogP contribution in [0, 0.1) is 5.41 Å². The van der Waals surface area contributed by atoms with Gasteiger partial charge in [0, 0.05) is 25.2 Å². The van der Waals surface area contributed by atoms with E-state index in [4.69, 9.17) is 21.1 Å². The largest absolute Gasteiger partial charge is 0.493 e. The maximum Gasteiger partial charge on any atom is 0.254 e. The summed E-state index contributed by atoms with van der Waals surface area (Å²) in [6.07, 6.45) is 4.23. The van der Waals surface area contributed by atoms with Crippen molar-refractivity contribution in [2.75, 3.05) is 39.9 Å². The Morgan fingerprint density at radius 1 is 1.32 bits per heavy atom. The first kappa shape index (κ1) is 18.3. The lowest BCUT2D eigenvalue weighted by atomic mass is 9.78. The number of carbonyl (C=O) groups is 1. The van der Waals surface area contributed by atoms with Crippen molar-refractivity contribution < 1.29 is 14.3 Å². The van der Waals surface area contributed by atoms with Gasteiger partial charge in [-0.1, -0.05) is 18.5 Å². The van der Waals surface area contributed by atoms with Crippen LogP contribution in [-0.4, -0.2) is 50.7 Å². The molecule has 0 bridgehead atoms. The molecule has 2 heterocycles. The highest BCUT2D eigenvalue weighted by Gasteiger charge is 2.38. The van der Waals surface area contributed by atoms with Crippen molar-refractivity contribution in [3.63, 3.8) is 0 Å². The van der Waals surface area contributed by atoms with Gasteiger partial charge in [-0.25, -0.2) is 0 Å². The van der Waals surface area contributed by atoms with Gasteiger partial charge in [-0.05, 0) is 49.8 Å². The van der Waals surface area contributed by atoms with Crippen LogP contribution in [0.25, 0.3) is 0 Å². The number of hydrogen-bond donors (Lipinski definition) is 1. The predicted molar refractivity (Wildman–Crippen MR) is 98.8 cm³/mol. The number of rotatable bonds is 5. The lowest BCUT2D eigenvalue weighted by molar-refractivity contribution is 0.0607. The van der Waals surface area contributed by atoms with Gasteiger partial charge in [0.25, 0.3) is 5.91 Å². The van der Waals surface area contributed by atoms with Crippen LogP contribution in [0.2, 0.25) is 5.02 Å². The lowest BCUT2D eigenvalue weighted by Crippen LogP contribution is -2.44. The number of halogens is 1. The van der Waals surface area contributed by atoms with Crippen molar-refractivity contribution >= 4 is 17.5 Å². The molecule has 2 fully saturated rings. The summed E-state index contributed by atoms with van der Waals surface area (Å²) in [5, 5.41) is 3.87. The number of methoxy groups -OCH3 is 1. The molecular weight excluding hydrogens is 340 g/mol. The van der Waals surface area contributed by atoms with Crippen molar-refractivity contribution in [3.8, 4) is 11.5 Å². The van der Waals surface area contributed by atoms with Crippen LogP contribution >= 0.6 is 11.6 Å². The van der Waals surface area contributed by atoms with Crippen molar-refractivity contribution in [1.82, 2.24) is 10.2 Å². The van der Waals surface area contributed by atoms with E-state index in [9.17, 15) is 4.79 Å². The van der Waals surface area contributed by atoms with Crippen molar-refractivity contribution in [1.29, 1.82) is 0 Å². The van der Waals surface area contributed by atoms with Gasteiger partial charge < -0.3 is 19.7 Å². The third kappa shape index (κ3) is 3.87. The van der Waals surface area contributed by atoms with Gasteiger partial charge in [-0.3, -0.25) is 4.79 Å². The fourth-order valence-electron chi connectivity index (χ4n) is 3.78. The average molecular weight is 367 g/mol. The summed E-state index contributed by atoms with van der Waals surface area (Å²) in [6, 6.07) is 3.43. The fourth-order valence-corrected chi connectivity index (χ4v) is 4.04. The van der Waals surface area contributed by atoms with Gasteiger partial charge in [-0.15, -0.1) is 0 Å². The minimum Gasteiger partial charge on any atom is -0.493 e. The number of nitrogens with zero attached hydrogens (tertiary/aromatic N) is 1. The van der Waals surface area contributed by atoms with E-state index < -0.39 is 0 Å². The molecule has 2 aliphatic rings. The molecule has 0 atom stereocenters. The second-order valence-corrected chi connectivity index (χ2v) is 7.46. The number of piperidine rings is 1. The number of likely N-dealkylation sites (tertiary alicyclic amines) is 1. The zero-order chi connectivity index (χ0) is 17.9. The first-order valence-electron chi connectivity index (χ1n) is 9.09. The topological polar surface area (TPSA) is 50.8 Å². The SMILES string of the molecule is CCCOc1c(Cl)cc(C(=O)N2CCC3(CCNC3)CC2)cc1OC. The molecule has 1 aromatic rings. The predicted octanol–water partition coefficient (Wildman–Crippen LogP) is 3.35. The van der Waals surface area contributed by atoms with Gasteiger partial charge in [0.2, 0.25) is 0 Å². The number of hydrogen-bond acceptors (Lipinski definition) is 4. The number of ether oxygens (including phenoxy) is 2. The first-order valence-corrected chi connectivity index (χ1v) is 9.47. The number of benzene rings is 1. The van der Waals surface area contributed by atoms with E-state index >= 15 is 0 Å². The van der Waals surface area contributed by atoms with Crippen LogP contribution in [0.5, 0.6) is 11.5 Å². The fraction of sp³-hybridized carbons (Fsp3) is 0.632. The van der Waals surface area contributed by atoms with E-state index in [-0.39, 0.29) is 5.91 Å². The van der Waals surface area contributed by atoms with Gasteiger partial charge in [0.05, 0.1) is 18.7 Å². The minimum absolute atomic E-state index is 0.0167. The van der Waals surface area contributed by atoms with Gasteiger partial charge in [0.15, 0.2) is 11.5 Å². The van der Waals surface area contributed by atoms with Crippen LogP contribution in [-0.2, 0) is 0 Å². The highest BCUT2D eigenvalue weighted by atomic mass is 35.5. The highest BCUT2D eigenvalue weighted by Crippen LogP contribution is 2.39. The van der Waals surface area contributed by atoms with E-state index in [1.807, 2.05) is 11.8 Å². The van der Waals surface area contributed by atoms with Crippen LogP contribution in [0.15, 0.2) is 12.1 Å². The van der Waals surface area contributed by atoms with E-state index in [1.165, 1.54) is 6.42 Å². The number of amides is 1. The summed E-state index contributed by atoms with van der Waals surface area (Å²) < 4.78 is 11.1. The molecule has 1 N–H and O–H groups in total. The average Bonchev–Trinajstić information content (AvgIpc) is 3.08. The molecule has 1 spiro atoms. The number of nitrogens with one attached hydrogen (secondary N) is 1.